The molecule has 0 aliphatic heterocycles. The summed E-state index contributed by atoms with van der Waals surface area (Å²) >= 11 is 0. The molecule has 0 aromatic rings. The summed E-state index contributed by atoms with van der Waals surface area (Å²) < 4.78 is 11.3. The Morgan fingerprint density at radius 1 is 1.20 bits per heavy atom. The molecule has 1 rings (SSSR count). The molecule has 3 nitrogen and oxygen atoms in total. The maximum atomic E-state index is 5.85. The van der Waals surface area contributed by atoms with E-state index in [0.717, 1.165) is 6.61 Å². The van der Waals surface area contributed by atoms with Gasteiger partial charge in [0, 0.05) is 6.04 Å². The maximum Gasteiger partial charge on any atom is 0.0729 e. The molecule has 3 heteroatoms. The van der Waals surface area contributed by atoms with Crippen LogP contribution in [0, 0.1) is 0 Å². The van der Waals surface area contributed by atoms with Crippen LogP contribution in [0.3, 0.4) is 0 Å². The molecule has 0 saturated heterocycles. The molecule has 0 spiro atoms. The Bertz CT molecular complexity index is 162. The van der Waals surface area contributed by atoms with Gasteiger partial charge in [0.15, 0.2) is 0 Å². The monoisotopic (exact) mass is 215 g/mol. The number of hydrogen-bond acceptors (Lipinski definition) is 3. The summed E-state index contributed by atoms with van der Waals surface area (Å²) in [5.74, 6) is 0. The molecule has 0 radical (unpaired) electrons. The van der Waals surface area contributed by atoms with Gasteiger partial charge in [-0.25, -0.2) is 0 Å². The van der Waals surface area contributed by atoms with Crippen molar-refractivity contribution in [2.24, 2.45) is 0 Å². The zero-order valence-corrected chi connectivity index (χ0v) is 10.3. The van der Waals surface area contributed by atoms with Gasteiger partial charge in [-0.2, -0.15) is 0 Å². The molecule has 1 saturated carbocycles. The van der Waals surface area contributed by atoms with Crippen LogP contribution in [0.1, 0.15) is 39.5 Å². The van der Waals surface area contributed by atoms with E-state index in [9.17, 15) is 0 Å². The Morgan fingerprint density at radius 2 is 1.93 bits per heavy atom. The number of ether oxygens (including phenoxy) is 2. The molecule has 0 aromatic heterocycles. The van der Waals surface area contributed by atoms with Crippen molar-refractivity contribution in [3.63, 3.8) is 0 Å². The molecule has 1 N–H and O–H groups in total. The largest absolute Gasteiger partial charge is 0.376 e. The van der Waals surface area contributed by atoms with Crippen LogP contribution in [-0.4, -0.2) is 38.5 Å². The first-order valence-corrected chi connectivity index (χ1v) is 6.14. The molecule has 0 amide bonds. The van der Waals surface area contributed by atoms with Crippen LogP contribution in [0.5, 0.6) is 0 Å². The molecule has 0 aromatic carbocycles. The SMILES string of the molecule is CNC1CCCCC1OCCOC(C)C. The third-order valence-corrected chi connectivity index (χ3v) is 2.94. The first-order chi connectivity index (χ1) is 7.24. The predicted molar refractivity (Wildman–Crippen MR) is 62.1 cm³/mol. The van der Waals surface area contributed by atoms with Gasteiger partial charge < -0.3 is 14.8 Å². The van der Waals surface area contributed by atoms with E-state index in [-0.39, 0.29) is 0 Å². The molecule has 90 valence electrons. The van der Waals surface area contributed by atoms with Crippen LogP contribution in [0.2, 0.25) is 0 Å². The predicted octanol–water partition coefficient (Wildman–Crippen LogP) is 1.96. The fourth-order valence-electron chi connectivity index (χ4n) is 2.11. The van der Waals surface area contributed by atoms with Crippen molar-refractivity contribution in [2.45, 2.75) is 57.8 Å². The van der Waals surface area contributed by atoms with Crippen LogP contribution in [0.4, 0.5) is 0 Å². The normalized spacial score (nSPS) is 27.2. The Hall–Kier alpha value is -0.120. The van der Waals surface area contributed by atoms with Crippen molar-refractivity contribution in [2.75, 3.05) is 20.3 Å². The average molecular weight is 215 g/mol. The Kier molecular flexibility index (Phi) is 6.22. The van der Waals surface area contributed by atoms with E-state index in [2.05, 4.69) is 19.2 Å². The Morgan fingerprint density at radius 3 is 2.60 bits per heavy atom. The van der Waals surface area contributed by atoms with E-state index in [4.69, 9.17) is 9.47 Å². The number of hydrogen-bond donors (Lipinski definition) is 1. The highest BCUT2D eigenvalue weighted by atomic mass is 16.5. The minimum Gasteiger partial charge on any atom is -0.376 e. The smallest absolute Gasteiger partial charge is 0.0729 e. The molecule has 1 aliphatic rings. The summed E-state index contributed by atoms with van der Waals surface area (Å²) in [5.41, 5.74) is 0. The zero-order chi connectivity index (χ0) is 11.1. The Balaban J connectivity index is 2.12. The van der Waals surface area contributed by atoms with Crippen molar-refractivity contribution in [3.05, 3.63) is 0 Å². The molecular weight excluding hydrogens is 190 g/mol. The van der Waals surface area contributed by atoms with E-state index < -0.39 is 0 Å². The van der Waals surface area contributed by atoms with Crippen molar-refractivity contribution < 1.29 is 9.47 Å². The minimum atomic E-state index is 0.306. The topological polar surface area (TPSA) is 30.5 Å². The Labute approximate surface area is 93.5 Å². The number of likely N-dealkylation sites (N-methyl/N-ethyl adjacent to an activating group) is 1. The fourth-order valence-corrected chi connectivity index (χ4v) is 2.11. The van der Waals surface area contributed by atoms with E-state index in [1.807, 2.05) is 7.05 Å². The molecule has 0 heterocycles. The van der Waals surface area contributed by atoms with Gasteiger partial charge in [0.05, 0.1) is 25.4 Å². The minimum absolute atomic E-state index is 0.306. The lowest BCUT2D eigenvalue weighted by molar-refractivity contribution is -0.0355. The van der Waals surface area contributed by atoms with Gasteiger partial charge in [-0.3, -0.25) is 0 Å². The molecule has 1 fully saturated rings. The molecule has 1 aliphatic carbocycles. The maximum absolute atomic E-state index is 5.85. The van der Waals surface area contributed by atoms with Crippen LogP contribution < -0.4 is 5.32 Å². The fraction of sp³-hybridized carbons (Fsp3) is 1.00. The lowest BCUT2D eigenvalue weighted by Crippen LogP contribution is -2.42. The molecule has 15 heavy (non-hydrogen) atoms. The number of rotatable bonds is 6. The standard InChI is InChI=1S/C12H25NO2/c1-10(2)14-8-9-15-12-7-5-4-6-11(12)13-3/h10-13H,4-9H2,1-3H3. The summed E-state index contributed by atoms with van der Waals surface area (Å²) in [6.45, 7) is 5.54. The first-order valence-electron chi connectivity index (χ1n) is 6.14. The van der Waals surface area contributed by atoms with Gasteiger partial charge in [-0.05, 0) is 33.7 Å². The van der Waals surface area contributed by atoms with Gasteiger partial charge in [-0.15, -0.1) is 0 Å². The van der Waals surface area contributed by atoms with Gasteiger partial charge >= 0.3 is 0 Å². The van der Waals surface area contributed by atoms with Gasteiger partial charge in [-0.1, -0.05) is 12.8 Å². The average Bonchev–Trinajstić information content (AvgIpc) is 2.24. The second-order valence-electron chi connectivity index (χ2n) is 4.51. The summed E-state index contributed by atoms with van der Waals surface area (Å²) in [5, 5.41) is 3.34. The third kappa shape index (κ3) is 4.96. The van der Waals surface area contributed by atoms with E-state index >= 15 is 0 Å². The third-order valence-electron chi connectivity index (χ3n) is 2.94. The second kappa shape index (κ2) is 7.20. The van der Waals surface area contributed by atoms with E-state index in [1.165, 1.54) is 25.7 Å². The van der Waals surface area contributed by atoms with Crippen LogP contribution >= 0.6 is 0 Å². The van der Waals surface area contributed by atoms with Crippen LogP contribution in [-0.2, 0) is 9.47 Å². The second-order valence-corrected chi connectivity index (χ2v) is 4.51. The summed E-state index contributed by atoms with van der Waals surface area (Å²) in [4.78, 5) is 0. The molecule has 0 bridgehead atoms. The van der Waals surface area contributed by atoms with Gasteiger partial charge in [0.25, 0.3) is 0 Å². The molecule has 2 atom stereocenters. The highest BCUT2D eigenvalue weighted by Crippen LogP contribution is 2.20. The highest BCUT2D eigenvalue weighted by Gasteiger charge is 2.23. The quantitative estimate of drug-likeness (QED) is 0.687. The lowest BCUT2D eigenvalue weighted by Gasteiger charge is -2.31. The highest BCUT2D eigenvalue weighted by molar-refractivity contribution is 4.80. The van der Waals surface area contributed by atoms with E-state index in [0.29, 0.717) is 24.9 Å². The van der Waals surface area contributed by atoms with Crippen LogP contribution in [0.15, 0.2) is 0 Å². The van der Waals surface area contributed by atoms with Crippen molar-refractivity contribution in [1.82, 2.24) is 5.32 Å². The summed E-state index contributed by atoms with van der Waals surface area (Å²) in [6.07, 6.45) is 5.75. The van der Waals surface area contributed by atoms with Gasteiger partial charge in [0.2, 0.25) is 0 Å². The van der Waals surface area contributed by atoms with Crippen molar-refractivity contribution in [3.8, 4) is 0 Å². The molecule has 2 unspecified atom stereocenters. The van der Waals surface area contributed by atoms with Crippen LogP contribution in [0.25, 0.3) is 0 Å². The van der Waals surface area contributed by atoms with Crippen molar-refractivity contribution >= 4 is 0 Å². The zero-order valence-electron chi connectivity index (χ0n) is 10.3. The van der Waals surface area contributed by atoms with Gasteiger partial charge in [0.1, 0.15) is 0 Å². The summed E-state index contributed by atoms with van der Waals surface area (Å²) in [6, 6.07) is 0.540. The molecular formula is C12H25NO2. The lowest BCUT2D eigenvalue weighted by atomic mass is 9.92. The van der Waals surface area contributed by atoms with Crippen molar-refractivity contribution in [1.29, 1.82) is 0 Å². The summed E-state index contributed by atoms with van der Waals surface area (Å²) in [7, 11) is 2.02. The van der Waals surface area contributed by atoms with E-state index in [1.54, 1.807) is 0 Å². The first kappa shape index (κ1) is 12.9. The number of nitrogens with one attached hydrogen (secondary N) is 1.